The van der Waals surface area contributed by atoms with Crippen molar-refractivity contribution < 1.29 is 19.1 Å². The standard InChI is InChI=1S/C16H12ClNO4/c1-18-13(9-4-2-5-10(17)8-9)12(15(20)16(18)21)14(19)11-6-3-7-22-11/h2-8,13,20H,1H3. The number of hydrogen-bond acceptors (Lipinski definition) is 4. The van der Waals surface area contributed by atoms with E-state index < -0.39 is 23.5 Å². The molecular formula is C16H12ClNO4. The van der Waals surface area contributed by atoms with E-state index in [9.17, 15) is 14.7 Å². The van der Waals surface area contributed by atoms with Crippen LogP contribution in [0.1, 0.15) is 22.2 Å². The molecular weight excluding hydrogens is 306 g/mol. The second kappa shape index (κ2) is 5.35. The van der Waals surface area contributed by atoms with Crippen LogP contribution in [0.3, 0.4) is 0 Å². The number of ketones is 1. The zero-order valence-electron chi connectivity index (χ0n) is 11.6. The topological polar surface area (TPSA) is 70.8 Å². The second-order valence-corrected chi connectivity index (χ2v) is 5.38. The van der Waals surface area contributed by atoms with Crippen LogP contribution >= 0.6 is 11.6 Å². The monoisotopic (exact) mass is 317 g/mol. The van der Waals surface area contributed by atoms with Gasteiger partial charge < -0.3 is 14.4 Å². The van der Waals surface area contributed by atoms with E-state index in [4.69, 9.17) is 16.0 Å². The number of amides is 1. The van der Waals surface area contributed by atoms with E-state index in [-0.39, 0.29) is 11.3 Å². The Hall–Kier alpha value is -2.53. The third-order valence-electron chi connectivity index (χ3n) is 3.59. The summed E-state index contributed by atoms with van der Waals surface area (Å²) in [4.78, 5) is 25.9. The molecule has 0 fully saturated rings. The SMILES string of the molecule is CN1C(=O)C(O)=C(C(=O)c2ccco2)C1c1cccc(Cl)c1. The minimum atomic E-state index is -0.705. The van der Waals surface area contributed by atoms with Crippen molar-refractivity contribution in [2.45, 2.75) is 6.04 Å². The number of carbonyl (C=O) groups excluding carboxylic acids is 2. The lowest BCUT2D eigenvalue weighted by Crippen LogP contribution is -2.26. The maximum Gasteiger partial charge on any atom is 0.289 e. The number of rotatable bonds is 3. The van der Waals surface area contributed by atoms with E-state index in [1.54, 1.807) is 30.3 Å². The second-order valence-electron chi connectivity index (χ2n) is 4.94. The number of aliphatic hydroxyl groups excluding tert-OH is 1. The number of nitrogens with zero attached hydrogens (tertiary/aromatic N) is 1. The van der Waals surface area contributed by atoms with Gasteiger partial charge >= 0.3 is 0 Å². The Kier molecular flexibility index (Phi) is 3.50. The molecule has 22 heavy (non-hydrogen) atoms. The van der Waals surface area contributed by atoms with Gasteiger partial charge in [-0.3, -0.25) is 9.59 Å². The van der Waals surface area contributed by atoms with Crippen LogP contribution in [0.25, 0.3) is 0 Å². The number of furan rings is 1. The van der Waals surface area contributed by atoms with E-state index in [2.05, 4.69) is 0 Å². The van der Waals surface area contributed by atoms with Crippen molar-refractivity contribution in [2.75, 3.05) is 7.05 Å². The summed E-state index contributed by atoms with van der Waals surface area (Å²) in [6.07, 6.45) is 1.36. The average molecular weight is 318 g/mol. The van der Waals surface area contributed by atoms with Crippen LogP contribution in [0.15, 0.2) is 58.4 Å². The highest BCUT2D eigenvalue weighted by molar-refractivity contribution is 6.30. The maximum atomic E-state index is 12.6. The minimum absolute atomic E-state index is 0.00952. The molecule has 0 bridgehead atoms. The first-order valence-corrected chi connectivity index (χ1v) is 6.92. The fraction of sp³-hybridized carbons (Fsp3) is 0.125. The Labute approximate surface area is 131 Å². The Morgan fingerprint density at radius 1 is 1.32 bits per heavy atom. The van der Waals surface area contributed by atoms with Gasteiger partial charge in [-0.2, -0.15) is 0 Å². The van der Waals surface area contributed by atoms with Gasteiger partial charge in [0.2, 0.25) is 5.78 Å². The molecule has 3 rings (SSSR count). The van der Waals surface area contributed by atoms with Gasteiger partial charge in [0.25, 0.3) is 5.91 Å². The van der Waals surface area contributed by atoms with Crippen molar-refractivity contribution in [1.29, 1.82) is 0 Å². The van der Waals surface area contributed by atoms with Crippen LogP contribution in [-0.2, 0) is 4.79 Å². The molecule has 0 spiro atoms. The minimum Gasteiger partial charge on any atom is -0.503 e. The summed E-state index contributed by atoms with van der Waals surface area (Å²) in [6, 6.07) is 9.17. The van der Waals surface area contributed by atoms with Crippen molar-refractivity contribution in [2.24, 2.45) is 0 Å². The first kappa shape index (κ1) is 14.4. The lowest BCUT2D eigenvalue weighted by atomic mass is 9.95. The molecule has 0 radical (unpaired) electrons. The number of likely N-dealkylation sites (N-methyl/N-ethyl adjacent to an activating group) is 1. The average Bonchev–Trinajstić information content (AvgIpc) is 3.10. The van der Waals surface area contributed by atoms with E-state index in [1.165, 1.54) is 24.3 Å². The molecule has 1 aromatic carbocycles. The van der Waals surface area contributed by atoms with E-state index in [0.29, 0.717) is 10.6 Å². The maximum absolute atomic E-state index is 12.6. The predicted molar refractivity (Wildman–Crippen MR) is 79.7 cm³/mol. The highest BCUT2D eigenvalue weighted by atomic mass is 35.5. The molecule has 112 valence electrons. The van der Waals surface area contributed by atoms with Crippen LogP contribution in [-0.4, -0.2) is 28.7 Å². The highest BCUT2D eigenvalue weighted by Gasteiger charge is 2.42. The number of aliphatic hydroxyl groups is 1. The summed E-state index contributed by atoms with van der Waals surface area (Å²) in [7, 11) is 1.52. The molecule has 1 aliphatic heterocycles. The smallest absolute Gasteiger partial charge is 0.289 e. The molecule has 2 aromatic rings. The van der Waals surface area contributed by atoms with E-state index in [1.807, 2.05) is 0 Å². The van der Waals surface area contributed by atoms with Gasteiger partial charge in [0.15, 0.2) is 11.5 Å². The molecule has 2 heterocycles. The van der Waals surface area contributed by atoms with Gasteiger partial charge in [0, 0.05) is 12.1 Å². The predicted octanol–water partition coefficient (Wildman–Crippen LogP) is 3.14. The van der Waals surface area contributed by atoms with Gasteiger partial charge in [-0.25, -0.2) is 0 Å². The first-order chi connectivity index (χ1) is 10.5. The normalized spacial score (nSPS) is 18.2. The van der Waals surface area contributed by atoms with Gasteiger partial charge in [-0.05, 0) is 29.8 Å². The first-order valence-electron chi connectivity index (χ1n) is 6.54. The number of halogens is 1. The summed E-state index contributed by atoms with van der Waals surface area (Å²) in [5, 5.41) is 10.6. The van der Waals surface area contributed by atoms with Crippen molar-refractivity contribution in [3.63, 3.8) is 0 Å². The van der Waals surface area contributed by atoms with Crippen molar-refractivity contribution in [1.82, 2.24) is 4.90 Å². The van der Waals surface area contributed by atoms with Gasteiger partial charge in [-0.1, -0.05) is 23.7 Å². The largest absolute Gasteiger partial charge is 0.503 e. The third kappa shape index (κ3) is 2.19. The molecule has 1 N–H and O–H groups in total. The lowest BCUT2D eigenvalue weighted by Gasteiger charge is -2.22. The van der Waals surface area contributed by atoms with E-state index in [0.717, 1.165) is 0 Å². The molecule has 1 atom stereocenters. The van der Waals surface area contributed by atoms with Gasteiger partial charge in [0.05, 0.1) is 17.9 Å². The van der Waals surface area contributed by atoms with Crippen LogP contribution in [0.4, 0.5) is 0 Å². The molecule has 6 heteroatoms. The molecule has 1 unspecified atom stereocenters. The molecule has 0 saturated carbocycles. The Morgan fingerprint density at radius 2 is 2.09 bits per heavy atom. The van der Waals surface area contributed by atoms with Crippen molar-refractivity contribution in [3.05, 3.63) is 70.3 Å². The van der Waals surface area contributed by atoms with Crippen LogP contribution in [0.2, 0.25) is 5.02 Å². The van der Waals surface area contributed by atoms with Crippen LogP contribution in [0.5, 0.6) is 0 Å². The van der Waals surface area contributed by atoms with Crippen molar-refractivity contribution in [3.8, 4) is 0 Å². The summed E-state index contributed by atoms with van der Waals surface area (Å²) >= 11 is 5.99. The Morgan fingerprint density at radius 3 is 2.73 bits per heavy atom. The number of carbonyl (C=O) groups is 2. The number of benzene rings is 1. The number of Topliss-reactive ketones (excluding diaryl/α,β-unsaturated/α-hetero) is 1. The zero-order chi connectivity index (χ0) is 15.9. The fourth-order valence-electron chi connectivity index (χ4n) is 2.56. The lowest BCUT2D eigenvalue weighted by molar-refractivity contribution is -0.128. The molecule has 5 nitrogen and oxygen atoms in total. The Bertz CT molecular complexity index is 779. The summed E-state index contributed by atoms with van der Waals surface area (Å²) < 4.78 is 5.08. The summed E-state index contributed by atoms with van der Waals surface area (Å²) in [6.45, 7) is 0. The fourth-order valence-corrected chi connectivity index (χ4v) is 2.76. The highest BCUT2D eigenvalue weighted by Crippen LogP contribution is 2.38. The molecule has 1 amide bonds. The third-order valence-corrected chi connectivity index (χ3v) is 3.83. The van der Waals surface area contributed by atoms with E-state index >= 15 is 0 Å². The summed E-state index contributed by atoms with van der Waals surface area (Å²) in [5.41, 5.74) is 0.632. The zero-order valence-corrected chi connectivity index (χ0v) is 12.4. The van der Waals surface area contributed by atoms with Crippen LogP contribution in [0, 0.1) is 0 Å². The quantitative estimate of drug-likeness (QED) is 0.883. The van der Waals surface area contributed by atoms with Crippen molar-refractivity contribution >= 4 is 23.3 Å². The molecule has 1 aliphatic rings. The molecule has 0 saturated heterocycles. The number of hydrogen-bond donors (Lipinski definition) is 1. The Balaban J connectivity index is 2.11. The van der Waals surface area contributed by atoms with Gasteiger partial charge in [-0.15, -0.1) is 0 Å². The van der Waals surface area contributed by atoms with Gasteiger partial charge in [0.1, 0.15) is 0 Å². The summed E-state index contributed by atoms with van der Waals surface area (Å²) in [5.74, 6) is -1.63. The molecule has 0 aliphatic carbocycles. The van der Waals surface area contributed by atoms with Crippen LogP contribution < -0.4 is 0 Å². The molecule has 1 aromatic heterocycles.